The SMILES string of the molecule is COc1cc(OC)c2c(c1Cl)O[C@@]1(C(=O)C=C(NCc3csc(C)n3)C[C@H]1C)C2=O. The molecule has 0 saturated carbocycles. The number of allylic oxidation sites excluding steroid dienone is 1. The van der Waals surface area contributed by atoms with Crippen LogP contribution in [0.25, 0.3) is 0 Å². The molecule has 0 radical (unpaired) electrons. The van der Waals surface area contributed by atoms with Gasteiger partial charge < -0.3 is 19.5 Å². The number of ether oxygens (including phenoxy) is 3. The van der Waals surface area contributed by atoms with Gasteiger partial charge in [-0.25, -0.2) is 4.98 Å². The van der Waals surface area contributed by atoms with E-state index in [0.717, 1.165) is 16.4 Å². The van der Waals surface area contributed by atoms with Crippen LogP contribution in [-0.2, 0) is 11.3 Å². The largest absolute Gasteiger partial charge is 0.496 e. The third-order valence-corrected chi connectivity index (χ3v) is 6.65. The molecule has 0 amide bonds. The summed E-state index contributed by atoms with van der Waals surface area (Å²) in [5.41, 5.74) is 0.162. The average molecular weight is 449 g/mol. The van der Waals surface area contributed by atoms with Crippen molar-refractivity contribution < 1.29 is 23.8 Å². The normalized spacial score (nSPS) is 22.6. The maximum Gasteiger partial charge on any atom is 0.236 e. The van der Waals surface area contributed by atoms with E-state index in [9.17, 15) is 9.59 Å². The van der Waals surface area contributed by atoms with Gasteiger partial charge in [0.05, 0.1) is 31.5 Å². The van der Waals surface area contributed by atoms with E-state index in [1.807, 2.05) is 19.2 Å². The molecule has 1 aliphatic carbocycles. The summed E-state index contributed by atoms with van der Waals surface area (Å²) in [7, 11) is 2.90. The molecule has 1 aromatic carbocycles. The van der Waals surface area contributed by atoms with Gasteiger partial charge in [-0.05, 0) is 13.3 Å². The Bertz CT molecular complexity index is 1080. The van der Waals surface area contributed by atoms with E-state index in [4.69, 9.17) is 25.8 Å². The average Bonchev–Trinajstić information content (AvgIpc) is 3.27. The summed E-state index contributed by atoms with van der Waals surface area (Å²) in [6.45, 7) is 4.27. The number of carbonyl (C=O) groups excluding carboxylic acids is 2. The van der Waals surface area contributed by atoms with E-state index < -0.39 is 23.1 Å². The minimum absolute atomic E-state index is 0.126. The van der Waals surface area contributed by atoms with Gasteiger partial charge >= 0.3 is 0 Å². The number of carbonyl (C=O) groups is 2. The van der Waals surface area contributed by atoms with Crippen LogP contribution in [0.3, 0.4) is 0 Å². The fourth-order valence-corrected chi connectivity index (χ4v) is 4.82. The van der Waals surface area contributed by atoms with E-state index in [1.165, 1.54) is 26.4 Å². The molecule has 30 heavy (non-hydrogen) atoms. The van der Waals surface area contributed by atoms with Crippen LogP contribution in [0.15, 0.2) is 23.2 Å². The second-order valence-corrected chi connectivity index (χ2v) is 8.76. The van der Waals surface area contributed by atoms with Crippen molar-refractivity contribution >= 4 is 34.5 Å². The van der Waals surface area contributed by atoms with Gasteiger partial charge in [0.25, 0.3) is 0 Å². The number of hydrogen-bond donors (Lipinski definition) is 1. The number of benzene rings is 1. The standard InChI is InChI=1S/C21H21ClN2O5S/c1-10-5-12(23-8-13-9-30-11(2)24-13)6-16(25)21(10)20(26)17-14(27-3)7-15(28-4)18(22)19(17)29-21/h6-7,9-10,23H,5,8H2,1-4H3/t10-,21+/m1/s1. The smallest absolute Gasteiger partial charge is 0.236 e. The number of fused-ring (bicyclic) bond motifs is 1. The van der Waals surface area contributed by atoms with Gasteiger partial charge in [0.2, 0.25) is 17.2 Å². The maximum atomic E-state index is 13.4. The van der Waals surface area contributed by atoms with Crippen LogP contribution in [0.1, 0.15) is 34.4 Å². The predicted molar refractivity (Wildman–Crippen MR) is 113 cm³/mol. The van der Waals surface area contributed by atoms with Crippen molar-refractivity contribution in [2.24, 2.45) is 5.92 Å². The Hall–Kier alpha value is -2.58. The van der Waals surface area contributed by atoms with E-state index in [1.54, 1.807) is 11.3 Å². The van der Waals surface area contributed by atoms with Crippen molar-refractivity contribution in [1.29, 1.82) is 0 Å². The lowest BCUT2D eigenvalue weighted by Crippen LogP contribution is -2.55. The van der Waals surface area contributed by atoms with Crippen LogP contribution in [0.5, 0.6) is 17.2 Å². The fraction of sp³-hybridized carbons (Fsp3) is 0.381. The zero-order valence-electron chi connectivity index (χ0n) is 17.0. The first-order valence-corrected chi connectivity index (χ1v) is 10.7. The molecule has 1 aliphatic heterocycles. The quantitative estimate of drug-likeness (QED) is 0.697. The van der Waals surface area contributed by atoms with E-state index in [0.29, 0.717) is 18.7 Å². The Kier molecular flexibility index (Phi) is 5.23. The summed E-state index contributed by atoms with van der Waals surface area (Å²) in [6.07, 6.45) is 1.91. The lowest BCUT2D eigenvalue weighted by atomic mass is 9.74. The summed E-state index contributed by atoms with van der Waals surface area (Å²) in [6, 6.07) is 1.53. The summed E-state index contributed by atoms with van der Waals surface area (Å²) in [5.74, 6) is -0.579. The molecule has 1 spiro atoms. The number of nitrogens with zero attached hydrogens (tertiary/aromatic N) is 1. The maximum absolute atomic E-state index is 13.4. The monoisotopic (exact) mass is 448 g/mol. The van der Waals surface area contributed by atoms with E-state index in [2.05, 4.69) is 10.3 Å². The van der Waals surface area contributed by atoms with E-state index >= 15 is 0 Å². The minimum atomic E-state index is -1.66. The van der Waals surface area contributed by atoms with Crippen molar-refractivity contribution in [1.82, 2.24) is 10.3 Å². The second-order valence-electron chi connectivity index (χ2n) is 7.32. The summed E-state index contributed by atoms with van der Waals surface area (Å²) < 4.78 is 16.6. The van der Waals surface area contributed by atoms with Gasteiger partial charge in [-0.15, -0.1) is 11.3 Å². The molecule has 0 fully saturated rings. The predicted octanol–water partition coefficient (Wildman–Crippen LogP) is 3.72. The lowest BCUT2D eigenvalue weighted by molar-refractivity contribution is -0.129. The molecule has 7 nitrogen and oxygen atoms in total. The van der Waals surface area contributed by atoms with Gasteiger partial charge in [-0.1, -0.05) is 18.5 Å². The molecule has 2 atom stereocenters. The number of hydrogen-bond acceptors (Lipinski definition) is 8. The van der Waals surface area contributed by atoms with Crippen molar-refractivity contribution in [3.8, 4) is 17.2 Å². The Balaban J connectivity index is 1.66. The third kappa shape index (κ3) is 3.06. The Morgan fingerprint density at radius 3 is 2.67 bits per heavy atom. The number of methoxy groups -OCH3 is 2. The zero-order valence-corrected chi connectivity index (χ0v) is 18.6. The first-order chi connectivity index (χ1) is 14.3. The molecule has 1 N–H and O–H groups in total. The van der Waals surface area contributed by atoms with Gasteiger partial charge in [0, 0.05) is 29.1 Å². The van der Waals surface area contributed by atoms with Crippen LogP contribution < -0.4 is 19.5 Å². The molecule has 1 aromatic heterocycles. The molecule has 0 saturated heterocycles. The molecular formula is C21H21ClN2O5S. The van der Waals surface area contributed by atoms with Crippen molar-refractivity contribution in [2.45, 2.75) is 32.4 Å². The first kappa shape index (κ1) is 20.7. The third-order valence-electron chi connectivity index (χ3n) is 5.47. The first-order valence-electron chi connectivity index (χ1n) is 9.40. The van der Waals surface area contributed by atoms with Gasteiger partial charge in [-0.3, -0.25) is 9.59 Å². The van der Waals surface area contributed by atoms with Crippen LogP contribution in [0, 0.1) is 12.8 Å². The van der Waals surface area contributed by atoms with Gasteiger partial charge in [-0.2, -0.15) is 0 Å². The highest BCUT2D eigenvalue weighted by atomic mass is 35.5. The second kappa shape index (κ2) is 7.59. The van der Waals surface area contributed by atoms with E-state index in [-0.39, 0.29) is 22.1 Å². The highest BCUT2D eigenvalue weighted by Crippen LogP contribution is 2.52. The zero-order chi connectivity index (χ0) is 21.6. The number of rotatable bonds is 5. The van der Waals surface area contributed by atoms with Gasteiger partial charge in [0.1, 0.15) is 22.1 Å². The van der Waals surface area contributed by atoms with Crippen LogP contribution >= 0.6 is 22.9 Å². The molecule has 4 rings (SSSR count). The summed E-state index contributed by atoms with van der Waals surface area (Å²) in [5, 5.41) is 6.35. The topological polar surface area (TPSA) is 86.8 Å². The minimum Gasteiger partial charge on any atom is -0.496 e. The Morgan fingerprint density at radius 1 is 1.33 bits per heavy atom. The van der Waals surface area contributed by atoms with Crippen LogP contribution in [-0.4, -0.2) is 36.4 Å². The molecule has 0 bridgehead atoms. The molecular weight excluding hydrogens is 428 g/mol. The van der Waals surface area contributed by atoms with Crippen molar-refractivity contribution in [3.05, 3.63) is 44.5 Å². The molecule has 2 aromatic rings. The number of aromatic nitrogens is 1. The van der Waals surface area contributed by atoms with Crippen molar-refractivity contribution in [3.63, 3.8) is 0 Å². The number of aryl methyl sites for hydroxylation is 1. The van der Waals surface area contributed by atoms with Crippen LogP contribution in [0.2, 0.25) is 5.02 Å². The molecule has 2 heterocycles. The molecule has 0 unspecified atom stereocenters. The Morgan fingerprint density at radius 2 is 2.07 bits per heavy atom. The van der Waals surface area contributed by atoms with Crippen LogP contribution in [0.4, 0.5) is 0 Å². The summed E-state index contributed by atoms with van der Waals surface area (Å²) >= 11 is 7.96. The fourth-order valence-electron chi connectivity index (χ4n) is 3.95. The molecule has 9 heteroatoms. The Labute approximate surface area is 183 Å². The number of ketones is 2. The number of thiazole rings is 1. The van der Waals surface area contributed by atoms with Crippen molar-refractivity contribution in [2.75, 3.05) is 14.2 Å². The summed E-state index contributed by atoms with van der Waals surface area (Å²) in [4.78, 5) is 31.1. The number of halogens is 1. The highest BCUT2D eigenvalue weighted by molar-refractivity contribution is 7.09. The highest BCUT2D eigenvalue weighted by Gasteiger charge is 2.60. The molecule has 2 aliphatic rings. The van der Waals surface area contributed by atoms with Gasteiger partial charge in [0.15, 0.2) is 5.75 Å². The number of nitrogens with one attached hydrogen (secondary N) is 1. The lowest BCUT2D eigenvalue weighted by Gasteiger charge is -2.35. The number of Topliss-reactive ketones (excluding diaryl/α,β-unsaturated/α-hetero) is 1. The molecule has 158 valence electrons.